The number of hydrogen-bond donors (Lipinski definition) is 1. The van der Waals surface area contributed by atoms with Crippen molar-refractivity contribution in [3.05, 3.63) is 35.4 Å². The van der Waals surface area contributed by atoms with Crippen molar-refractivity contribution in [1.29, 1.82) is 0 Å². The van der Waals surface area contributed by atoms with E-state index < -0.39 is 0 Å². The lowest BCUT2D eigenvalue weighted by Gasteiger charge is -2.34. The van der Waals surface area contributed by atoms with Gasteiger partial charge in [-0.25, -0.2) is 4.79 Å². The van der Waals surface area contributed by atoms with E-state index in [1.165, 1.54) is 4.90 Å². The molecular weight excluding hydrogens is 308 g/mol. The third-order valence-corrected chi connectivity index (χ3v) is 4.60. The predicted octanol–water partition coefficient (Wildman–Crippen LogP) is 0.630. The first-order valence-corrected chi connectivity index (χ1v) is 8.32. The molecule has 7 heteroatoms. The molecule has 2 aliphatic rings. The van der Waals surface area contributed by atoms with Crippen LogP contribution in [-0.4, -0.2) is 78.4 Å². The minimum Gasteiger partial charge on any atom is -0.336 e. The van der Waals surface area contributed by atoms with E-state index in [4.69, 9.17) is 0 Å². The van der Waals surface area contributed by atoms with Gasteiger partial charge in [-0.1, -0.05) is 19.1 Å². The summed E-state index contributed by atoms with van der Waals surface area (Å²) in [6, 6.07) is 6.65. The van der Waals surface area contributed by atoms with Gasteiger partial charge in [-0.15, -0.1) is 0 Å². The number of piperazine rings is 1. The Labute approximate surface area is 141 Å². The molecule has 7 nitrogen and oxygen atoms in total. The Kier molecular flexibility index (Phi) is 4.80. The van der Waals surface area contributed by atoms with Crippen LogP contribution in [0.1, 0.15) is 27.6 Å². The highest BCUT2D eigenvalue weighted by Crippen LogP contribution is 2.21. The second-order valence-corrected chi connectivity index (χ2v) is 5.96. The normalized spacial score (nSPS) is 18.0. The second kappa shape index (κ2) is 7.00. The molecule has 0 spiro atoms. The van der Waals surface area contributed by atoms with Crippen LogP contribution in [0.15, 0.2) is 24.3 Å². The molecule has 0 atom stereocenters. The van der Waals surface area contributed by atoms with Crippen LogP contribution >= 0.6 is 0 Å². The van der Waals surface area contributed by atoms with Crippen LogP contribution in [0.25, 0.3) is 0 Å². The number of fused-ring (bicyclic) bond motifs is 1. The zero-order valence-electron chi connectivity index (χ0n) is 13.8. The van der Waals surface area contributed by atoms with Gasteiger partial charge in [0.2, 0.25) is 0 Å². The Morgan fingerprint density at radius 2 is 1.62 bits per heavy atom. The standard InChI is InChI=1S/C17H22N4O3/c1-2-19-9-11-20(12-10-19)17(24)18-7-8-21-15(22)13-5-3-4-6-14(13)16(21)23/h3-6H,2,7-12H2,1H3,(H,18,24). The molecule has 3 rings (SSSR count). The number of urea groups is 1. The van der Waals surface area contributed by atoms with E-state index >= 15 is 0 Å². The van der Waals surface area contributed by atoms with Crippen molar-refractivity contribution in [2.75, 3.05) is 45.8 Å². The summed E-state index contributed by atoms with van der Waals surface area (Å²) < 4.78 is 0. The average molecular weight is 330 g/mol. The summed E-state index contributed by atoms with van der Waals surface area (Å²) in [6.45, 7) is 6.71. The van der Waals surface area contributed by atoms with E-state index in [1.807, 2.05) is 0 Å². The highest BCUT2D eigenvalue weighted by Gasteiger charge is 2.34. The predicted molar refractivity (Wildman–Crippen MR) is 88.9 cm³/mol. The van der Waals surface area contributed by atoms with Crippen LogP contribution in [-0.2, 0) is 0 Å². The summed E-state index contributed by atoms with van der Waals surface area (Å²) in [5, 5.41) is 2.80. The van der Waals surface area contributed by atoms with Crippen molar-refractivity contribution in [2.45, 2.75) is 6.92 Å². The topological polar surface area (TPSA) is 73.0 Å². The van der Waals surface area contributed by atoms with Crippen LogP contribution in [0.5, 0.6) is 0 Å². The Morgan fingerprint density at radius 3 is 2.17 bits per heavy atom. The fraction of sp³-hybridized carbons (Fsp3) is 0.471. The third kappa shape index (κ3) is 3.12. The van der Waals surface area contributed by atoms with Crippen LogP contribution in [0, 0.1) is 0 Å². The maximum Gasteiger partial charge on any atom is 0.317 e. The molecule has 0 radical (unpaired) electrons. The van der Waals surface area contributed by atoms with E-state index in [2.05, 4.69) is 17.1 Å². The zero-order valence-corrected chi connectivity index (χ0v) is 13.8. The smallest absolute Gasteiger partial charge is 0.317 e. The zero-order chi connectivity index (χ0) is 17.1. The molecule has 24 heavy (non-hydrogen) atoms. The van der Waals surface area contributed by atoms with Gasteiger partial charge in [-0.05, 0) is 18.7 Å². The molecule has 1 fully saturated rings. The minimum absolute atomic E-state index is 0.137. The molecule has 128 valence electrons. The quantitative estimate of drug-likeness (QED) is 0.822. The number of rotatable bonds is 4. The van der Waals surface area contributed by atoms with Gasteiger partial charge in [-0.2, -0.15) is 0 Å². The number of hydrogen-bond acceptors (Lipinski definition) is 4. The molecule has 4 amide bonds. The average Bonchev–Trinajstić information content (AvgIpc) is 2.87. The van der Waals surface area contributed by atoms with E-state index in [1.54, 1.807) is 29.2 Å². The van der Waals surface area contributed by atoms with E-state index in [0.717, 1.165) is 19.6 Å². The monoisotopic (exact) mass is 330 g/mol. The number of likely N-dealkylation sites (N-methyl/N-ethyl adjacent to an activating group) is 1. The van der Waals surface area contributed by atoms with E-state index in [0.29, 0.717) is 24.2 Å². The second-order valence-electron chi connectivity index (χ2n) is 5.96. The van der Waals surface area contributed by atoms with Gasteiger partial charge >= 0.3 is 6.03 Å². The largest absolute Gasteiger partial charge is 0.336 e. The lowest BCUT2D eigenvalue weighted by molar-refractivity contribution is 0.0654. The summed E-state index contributed by atoms with van der Waals surface area (Å²) in [7, 11) is 0. The van der Waals surface area contributed by atoms with Crippen molar-refractivity contribution in [3.8, 4) is 0 Å². The van der Waals surface area contributed by atoms with Gasteiger partial charge in [0, 0.05) is 39.3 Å². The van der Waals surface area contributed by atoms with Gasteiger partial charge in [0.05, 0.1) is 11.1 Å². The first kappa shape index (κ1) is 16.4. The number of nitrogens with one attached hydrogen (secondary N) is 1. The van der Waals surface area contributed by atoms with Crippen molar-refractivity contribution in [2.24, 2.45) is 0 Å². The number of amides is 4. The fourth-order valence-corrected chi connectivity index (χ4v) is 3.10. The minimum atomic E-state index is -0.290. The summed E-state index contributed by atoms with van der Waals surface area (Å²) in [5.41, 5.74) is 0.869. The Hall–Kier alpha value is -2.41. The summed E-state index contributed by atoms with van der Waals surface area (Å²) in [5.74, 6) is -0.581. The number of benzene rings is 1. The van der Waals surface area contributed by atoms with E-state index in [9.17, 15) is 14.4 Å². The van der Waals surface area contributed by atoms with Gasteiger partial charge in [-0.3, -0.25) is 14.5 Å². The van der Waals surface area contributed by atoms with Crippen LogP contribution in [0.3, 0.4) is 0 Å². The molecule has 2 aliphatic heterocycles. The molecule has 0 aliphatic carbocycles. The summed E-state index contributed by atoms with van der Waals surface area (Å²) in [6.07, 6.45) is 0. The highest BCUT2D eigenvalue weighted by molar-refractivity contribution is 6.21. The molecule has 0 bridgehead atoms. The lowest BCUT2D eigenvalue weighted by atomic mass is 10.1. The van der Waals surface area contributed by atoms with Crippen LogP contribution in [0.4, 0.5) is 4.79 Å². The molecule has 1 aromatic rings. The van der Waals surface area contributed by atoms with E-state index in [-0.39, 0.29) is 30.9 Å². The maximum absolute atomic E-state index is 12.2. The molecule has 1 aromatic carbocycles. The first-order valence-electron chi connectivity index (χ1n) is 8.32. The summed E-state index contributed by atoms with van der Waals surface area (Å²) >= 11 is 0. The molecule has 0 saturated carbocycles. The fourth-order valence-electron chi connectivity index (χ4n) is 3.10. The molecule has 2 heterocycles. The Bertz CT molecular complexity index is 618. The first-order chi connectivity index (χ1) is 11.6. The molecule has 1 saturated heterocycles. The Balaban J connectivity index is 1.48. The van der Waals surface area contributed by atoms with Crippen LogP contribution < -0.4 is 5.32 Å². The summed E-state index contributed by atoms with van der Waals surface area (Å²) in [4.78, 5) is 41.9. The maximum atomic E-state index is 12.2. The number of carbonyl (C=O) groups is 3. The highest BCUT2D eigenvalue weighted by atomic mass is 16.2. The van der Waals surface area contributed by atoms with Crippen molar-refractivity contribution >= 4 is 17.8 Å². The van der Waals surface area contributed by atoms with Gasteiger partial charge in [0.25, 0.3) is 11.8 Å². The third-order valence-electron chi connectivity index (χ3n) is 4.60. The van der Waals surface area contributed by atoms with Gasteiger partial charge < -0.3 is 15.1 Å². The van der Waals surface area contributed by atoms with Crippen molar-refractivity contribution in [3.63, 3.8) is 0 Å². The molecule has 1 N–H and O–H groups in total. The SMILES string of the molecule is CCN1CCN(C(=O)NCCN2C(=O)c3ccccc3C2=O)CC1. The van der Waals surface area contributed by atoms with Gasteiger partial charge in [0.15, 0.2) is 0 Å². The van der Waals surface area contributed by atoms with Crippen molar-refractivity contribution < 1.29 is 14.4 Å². The molecule has 0 unspecified atom stereocenters. The number of imide groups is 1. The lowest BCUT2D eigenvalue weighted by Crippen LogP contribution is -2.52. The van der Waals surface area contributed by atoms with Gasteiger partial charge in [0.1, 0.15) is 0 Å². The van der Waals surface area contributed by atoms with Crippen molar-refractivity contribution in [1.82, 2.24) is 20.0 Å². The molecular formula is C17H22N4O3. The Morgan fingerprint density at radius 1 is 1.04 bits per heavy atom. The number of nitrogens with zero attached hydrogens (tertiary/aromatic N) is 3. The number of carbonyl (C=O) groups excluding carboxylic acids is 3. The van der Waals surface area contributed by atoms with Crippen LogP contribution in [0.2, 0.25) is 0 Å². The molecule has 0 aromatic heterocycles.